The van der Waals surface area contributed by atoms with E-state index in [1.54, 1.807) is 0 Å². The number of thiol groups is 1. The maximum Gasteiger partial charge on any atom is 0.152 e. The number of rotatable bonds is 9. The van der Waals surface area contributed by atoms with Crippen molar-refractivity contribution in [2.45, 2.75) is 77.3 Å². The van der Waals surface area contributed by atoms with Crippen LogP contribution in [0.1, 0.15) is 66.7 Å². The van der Waals surface area contributed by atoms with Crippen molar-refractivity contribution in [2.75, 3.05) is 0 Å². The van der Waals surface area contributed by atoms with Crippen LogP contribution in [0, 0.1) is 0 Å². The highest BCUT2D eigenvalue weighted by molar-refractivity contribution is 7.96. The highest BCUT2D eigenvalue weighted by Crippen LogP contribution is 2.41. The van der Waals surface area contributed by atoms with Gasteiger partial charge in [-0.15, -0.1) is 0 Å². The van der Waals surface area contributed by atoms with Gasteiger partial charge in [-0.05, 0) is 45.0 Å². The molecule has 0 amide bonds. The normalized spacial score (nSPS) is 13.1. The molecule has 0 radical (unpaired) electrons. The fourth-order valence-corrected chi connectivity index (χ4v) is 2.90. The molecule has 4 heteroatoms. The van der Waals surface area contributed by atoms with E-state index in [2.05, 4.69) is 47.5 Å². The van der Waals surface area contributed by atoms with Crippen molar-refractivity contribution in [3.63, 3.8) is 0 Å². The molecule has 16 heavy (non-hydrogen) atoms. The molecule has 0 fully saturated rings. The Morgan fingerprint density at radius 2 is 1.31 bits per heavy atom. The van der Waals surface area contributed by atoms with Gasteiger partial charge in [0.15, 0.2) is 4.93 Å². The SMILES string of the molecule is CCC(CC)(CC)OSC(CC)(CC)OS. The lowest BCUT2D eigenvalue weighted by atomic mass is 9.95. The van der Waals surface area contributed by atoms with E-state index >= 15 is 0 Å². The zero-order chi connectivity index (χ0) is 12.7. The summed E-state index contributed by atoms with van der Waals surface area (Å²) in [6.45, 7) is 10.7. The second-order valence-corrected chi connectivity index (χ2v) is 5.38. The van der Waals surface area contributed by atoms with Crippen molar-refractivity contribution >= 4 is 25.0 Å². The predicted molar refractivity (Wildman–Crippen MR) is 75.7 cm³/mol. The topological polar surface area (TPSA) is 18.5 Å². The van der Waals surface area contributed by atoms with Crippen LogP contribution in [-0.4, -0.2) is 10.5 Å². The molecule has 0 saturated heterocycles. The van der Waals surface area contributed by atoms with E-state index in [-0.39, 0.29) is 10.5 Å². The first-order valence-corrected chi connectivity index (χ1v) is 7.37. The Morgan fingerprint density at radius 1 is 0.875 bits per heavy atom. The summed E-state index contributed by atoms with van der Waals surface area (Å²) in [5.74, 6) is 0. The molecule has 0 rings (SSSR count). The quantitative estimate of drug-likeness (QED) is 0.360. The van der Waals surface area contributed by atoms with E-state index in [0.717, 1.165) is 32.1 Å². The zero-order valence-corrected chi connectivity index (χ0v) is 12.9. The number of hydrogen-bond donors (Lipinski definition) is 1. The van der Waals surface area contributed by atoms with Crippen LogP contribution < -0.4 is 0 Å². The summed E-state index contributed by atoms with van der Waals surface area (Å²) in [7, 11) is 0. The maximum absolute atomic E-state index is 6.06. The maximum atomic E-state index is 6.06. The molecule has 0 aromatic carbocycles. The van der Waals surface area contributed by atoms with Gasteiger partial charge in [-0.25, -0.2) is 0 Å². The van der Waals surface area contributed by atoms with Crippen molar-refractivity contribution in [1.29, 1.82) is 0 Å². The van der Waals surface area contributed by atoms with Gasteiger partial charge in [-0.3, -0.25) is 4.18 Å². The first-order valence-electron chi connectivity index (χ1n) is 6.26. The minimum atomic E-state index is -0.312. The largest absolute Gasteiger partial charge is 0.306 e. The van der Waals surface area contributed by atoms with Gasteiger partial charge in [-0.1, -0.05) is 34.6 Å². The fourth-order valence-electron chi connectivity index (χ4n) is 1.60. The van der Waals surface area contributed by atoms with Gasteiger partial charge < -0.3 is 4.18 Å². The van der Waals surface area contributed by atoms with Crippen LogP contribution in [0.3, 0.4) is 0 Å². The van der Waals surface area contributed by atoms with E-state index in [1.165, 1.54) is 12.0 Å². The van der Waals surface area contributed by atoms with Gasteiger partial charge in [0.2, 0.25) is 0 Å². The lowest BCUT2D eigenvalue weighted by molar-refractivity contribution is 0.0669. The van der Waals surface area contributed by atoms with Gasteiger partial charge in [0.05, 0.1) is 5.60 Å². The average Bonchev–Trinajstić information content (AvgIpc) is 2.37. The van der Waals surface area contributed by atoms with Crippen LogP contribution in [0.5, 0.6) is 0 Å². The lowest BCUT2D eigenvalue weighted by Gasteiger charge is -2.35. The van der Waals surface area contributed by atoms with Crippen LogP contribution >= 0.6 is 25.0 Å². The zero-order valence-electron chi connectivity index (χ0n) is 11.2. The molecule has 0 aliphatic rings. The summed E-state index contributed by atoms with van der Waals surface area (Å²) < 4.78 is 11.4. The van der Waals surface area contributed by atoms with E-state index in [1.807, 2.05) is 0 Å². The average molecular weight is 266 g/mol. The molecule has 0 spiro atoms. The third-order valence-electron chi connectivity index (χ3n) is 3.55. The lowest BCUT2D eigenvalue weighted by Crippen LogP contribution is -2.32. The van der Waals surface area contributed by atoms with Crippen molar-refractivity contribution in [2.24, 2.45) is 0 Å². The minimum Gasteiger partial charge on any atom is -0.306 e. The summed E-state index contributed by atoms with van der Waals surface area (Å²) in [5, 5.41) is 0. The van der Waals surface area contributed by atoms with E-state index < -0.39 is 0 Å². The Balaban J connectivity index is 4.48. The molecule has 98 valence electrons. The number of hydrogen-bond acceptors (Lipinski definition) is 4. The summed E-state index contributed by atoms with van der Waals surface area (Å²) in [4.78, 5) is -0.312. The van der Waals surface area contributed by atoms with Gasteiger partial charge in [-0.2, -0.15) is 0 Å². The smallest absolute Gasteiger partial charge is 0.152 e. The summed E-state index contributed by atoms with van der Waals surface area (Å²) in [6.07, 6.45) is 4.88. The molecular formula is C12H26O2S2. The Morgan fingerprint density at radius 3 is 1.56 bits per heavy atom. The Hall–Kier alpha value is 0.620. The van der Waals surface area contributed by atoms with Crippen molar-refractivity contribution in [1.82, 2.24) is 0 Å². The molecule has 0 aromatic rings. The summed E-state index contributed by atoms with van der Waals surface area (Å²) >= 11 is 5.43. The van der Waals surface area contributed by atoms with Crippen molar-refractivity contribution < 1.29 is 8.37 Å². The molecule has 0 aliphatic carbocycles. The van der Waals surface area contributed by atoms with E-state index in [4.69, 9.17) is 8.37 Å². The molecule has 2 nitrogen and oxygen atoms in total. The molecule has 0 aliphatic heterocycles. The van der Waals surface area contributed by atoms with Gasteiger partial charge >= 0.3 is 0 Å². The molecule has 0 saturated carbocycles. The Bertz CT molecular complexity index is 141. The summed E-state index contributed by atoms with van der Waals surface area (Å²) in [5.41, 5.74) is -0.0213. The fraction of sp³-hybridized carbons (Fsp3) is 1.00. The molecule has 0 bridgehead atoms. The Labute approximate surface area is 111 Å². The highest BCUT2D eigenvalue weighted by atomic mass is 32.2. The third kappa shape index (κ3) is 4.13. The van der Waals surface area contributed by atoms with Crippen LogP contribution in [0.2, 0.25) is 0 Å². The van der Waals surface area contributed by atoms with Crippen LogP contribution in [-0.2, 0) is 8.37 Å². The molecular weight excluding hydrogens is 240 g/mol. The van der Waals surface area contributed by atoms with Gasteiger partial charge in [0.25, 0.3) is 0 Å². The standard InChI is InChI=1S/C12H26O2S2/c1-6-11(7-2,8-3)14-16-12(9-4,10-5)13-15/h15H,6-10H2,1-5H3. The molecule has 0 aromatic heterocycles. The first kappa shape index (κ1) is 16.6. The minimum absolute atomic E-state index is 0.0213. The third-order valence-corrected chi connectivity index (χ3v) is 5.42. The van der Waals surface area contributed by atoms with Gasteiger partial charge in [0.1, 0.15) is 0 Å². The monoisotopic (exact) mass is 266 g/mol. The van der Waals surface area contributed by atoms with Crippen LogP contribution in [0.4, 0.5) is 0 Å². The second kappa shape index (κ2) is 7.85. The second-order valence-electron chi connectivity index (χ2n) is 4.12. The predicted octanol–water partition coefficient (Wildman–Crippen LogP) is 5.00. The van der Waals surface area contributed by atoms with Gasteiger partial charge in [0, 0.05) is 12.0 Å². The Kier molecular flexibility index (Phi) is 8.16. The highest BCUT2D eigenvalue weighted by Gasteiger charge is 2.34. The molecule has 0 N–H and O–H groups in total. The molecule has 0 atom stereocenters. The molecule has 0 unspecified atom stereocenters. The van der Waals surface area contributed by atoms with Crippen LogP contribution in [0.25, 0.3) is 0 Å². The summed E-state index contributed by atoms with van der Waals surface area (Å²) in [6, 6.07) is 0. The van der Waals surface area contributed by atoms with E-state index in [9.17, 15) is 0 Å². The van der Waals surface area contributed by atoms with Crippen molar-refractivity contribution in [3.8, 4) is 0 Å². The van der Waals surface area contributed by atoms with E-state index in [0.29, 0.717) is 0 Å². The van der Waals surface area contributed by atoms with Crippen molar-refractivity contribution in [3.05, 3.63) is 0 Å². The first-order chi connectivity index (χ1) is 7.57. The molecule has 0 heterocycles. The van der Waals surface area contributed by atoms with Crippen LogP contribution in [0.15, 0.2) is 0 Å².